The lowest BCUT2D eigenvalue weighted by molar-refractivity contribution is 0.184. The number of hydrogen-bond donors (Lipinski definition) is 1. The van der Waals surface area contributed by atoms with E-state index in [2.05, 4.69) is 4.98 Å². The molecule has 2 N–H and O–H groups in total. The molecular formula is C6H8N2OS2. The Morgan fingerprint density at radius 2 is 2.64 bits per heavy atom. The van der Waals surface area contributed by atoms with Crippen molar-refractivity contribution in [1.29, 1.82) is 0 Å². The van der Waals surface area contributed by atoms with Gasteiger partial charge in [-0.3, -0.25) is 0 Å². The summed E-state index contributed by atoms with van der Waals surface area (Å²) in [5.74, 6) is 0. The third-order valence-electron chi connectivity index (χ3n) is 1.07. The predicted octanol–water partition coefficient (Wildman–Crippen LogP) is 0.924. The van der Waals surface area contributed by atoms with E-state index in [0.717, 1.165) is 5.01 Å². The highest BCUT2D eigenvalue weighted by molar-refractivity contribution is 7.80. The first-order valence-electron chi connectivity index (χ1n) is 2.97. The highest BCUT2D eigenvalue weighted by Crippen LogP contribution is 2.09. The van der Waals surface area contributed by atoms with E-state index in [9.17, 15) is 0 Å². The Labute approximate surface area is 74.2 Å². The van der Waals surface area contributed by atoms with Crippen molar-refractivity contribution in [3.8, 4) is 0 Å². The van der Waals surface area contributed by atoms with Crippen LogP contribution in [0.15, 0.2) is 5.38 Å². The van der Waals surface area contributed by atoms with Gasteiger partial charge in [-0.15, -0.1) is 11.3 Å². The number of thiazole rings is 1. The Morgan fingerprint density at radius 1 is 1.91 bits per heavy atom. The fourth-order valence-electron chi connectivity index (χ4n) is 0.614. The lowest BCUT2D eigenvalue weighted by Crippen LogP contribution is -2.09. The molecule has 0 bridgehead atoms. The van der Waals surface area contributed by atoms with Gasteiger partial charge in [0.15, 0.2) is 0 Å². The summed E-state index contributed by atoms with van der Waals surface area (Å²) in [6, 6.07) is 0. The Kier molecular flexibility index (Phi) is 2.92. The van der Waals surface area contributed by atoms with Gasteiger partial charge in [0.05, 0.1) is 6.61 Å². The number of aromatic nitrogens is 1. The van der Waals surface area contributed by atoms with E-state index >= 15 is 0 Å². The molecule has 1 aromatic heterocycles. The van der Waals surface area contributed by atoms with Crippen molar-refractivity contribution in [2.45, 2.75) is 6.61 Å². The van der Waals surface area contributed by atoms with Gasteiger partial charge in [0.1, 0.15) is 15.7 Å². The number of ether oxygens (including phenoxy) is 1. The zero-order valence-electron chi connectivity index (χ0n) is 6.03. The number of rotatable bonds is 3. The van der Waals surface area contributed by atoms with Gasteiger partial charge in [-0.05, 0) is 0 Å². The van der Waals surface area contributed by atoms with Crippen LogP contribution < -0.4 is 5.73 Å². The summed E-state index contributed by atoms with van der Waals surface area (Å²) in [5, 5.41) is 2.73. The monoisotopic (exact) mass is 188 g/mol. The molecule has 3 nitrogen and oxygen atoms in total. The smallest absolute Gasteiger partial charge is 0.123 e. The molecule has 0 spiro atoms. The van der Waals surface area contributed by atoms with Crippen LogP contribution in [-0.4, -0.2) is 17.1 Å². The van der Waals surface area contributed by atoms with Gasteiger partial charge in [0.2, 0.25) is 0 Å². The fraction of sp³-hybridized carbons (Fsp3) is 0.333. The molecule has 1 heterocycles. The molecule has 0 atom stereocenters. The summed E-state index contributed by atoms with van der Waals surface area (Å²) in [7, 11) is 1.63. The maximum absolute atomic E-state index is 5.36. The fourth-order valence-corrected chi connectivity index (χ4v) is 1.56. The van der Waals surface area contributed by atoms with Gasteiger partial charge in [0.25, 0.3) is 0 Å². The van der Waals surface area contributed by atoms with E-state index in [0.29, 0.717) is 17.3 Å². The Balaban J connectivity index is 2.73. The molecule has 0 fully saturated rings. The maximum atomic E-state index is 5.36. The first-order valence-corrected chi connectivity index (χ1v) is 4.26. The molecule has 1 rings (SSSR count). The van der Waals surface area contributed by atoms with Gasteiger partial charge in [-0.25, -0.2) is 4.98 Å². The Hall–Kier alpha value is -0.520. The second-order valence-corrected chi connectivity index (χ2v) is 3.31. The first kappa shape index (κ1) is 8.58. The van der Waals surface area contributed by atoms with Crippen LogP contribution in [0.4, 0.5) is 0 Å². The van der Waals surface area contributed by atoms with Crippen LogP contribution in [0.5, 0.6) is 0 Å². The molecule has 0 saturated carbocycles. The van der Waals surface area contributed by atoms with E-state index in [1.165, 1.54) is 11.3 Å². The minimum Gasteiger partial charge on any atom is -0.388 e. The number of thiocarbonyl (C=S) groups is 1. The lowest BCUT2D eigenvalue weighted by Gasteiger charge is -1.90. The van der Waals surface area contributed by atoms with Crippen LogP contribution in [0.2, 0.25) is 0 Å². The highest BCUT2D eigenvalue weighted by atomic mass is 32.1. The summed E-state index contributed by atoms with van der Waals surface area (Å²) >= 11 is 6.24. The first-order chi connectivity index (χ1) is 5.24. The van der Waals surface area contributed by atoms with E-state index < -0.39 is 0 Å². The van der Waals surface area contributed by atoms with Gasteiger partial charge in [-0.1, -0.05) is 12.2 Å². The minimum atomic E-state index is 0.337. The Morgan fingerprint density at radius 3 is 3.09 bits per heavy atom. The third-order valence-corrected chi connectivity index (χ3v) is 2.10. The van der Waals surface area contributed by atoms with Gasteiger partial charge in [-0.2, -0.15) is 0 Å². The van der Waals surface area contributed by atoms with Gasteiger partial charge >= 0.3 is 0 Å². The largest absolute Gasteiger partial charge is 0.388 e. The number of methoxy groups -OCH3 is 1. The van der Waals surface area contributed by atoms with Crippen molar-refractivity contribution in [2.24, 2.45) is 5.73 Å². The van der Waals surface area contributed by atoms with Gasteiger partial charge < -0.3 is 10.5 Å². The molecular weight excluding hydrogens is 180 g/mol. The van der Waals surface area contributed by atoms with Crippen LogP contribution in [0, 0.1) is 0 Å². The van der Waals surface area contributed by atoms with Crippen LogP contribution in [0.1, 0.15) is 10.7 Å². The normalized spacial score (nSPS) is 9.91. The van der Waals surface area contributed by atoms with E-state index in [1.807, 2.05) is 5.38 Å². The summed E-state index contributed by atoms with van der Waals surface area (Å²) < 4.78 is 4.88. The molecule has 0 aliphatic carbocycles. The molecule has 60 valence electrons. The second-order valence-electron chi connectivity index (χ2n) is 1.92. The summed E-state index contributed by atoms with van der Waals surface area (Å²) in [4.78, 5) is 4.46. The van der Waals surface area contributed by atoms with E-state index in [4.69, 9.17) is 22.7 Å². The van der Waals surface area contributed by atoms with E-state index in [1.54, 1.807) is 7.11 Å². The zero-order chi connectivity index (χ0) is 8.27. The number of nitrogens with zero attached hydrogens (tertiary/aromatic N) is 1. The molecule has 0 aliphatic rings. The molecule has 1 aromatic rings. The number of nitrogens with two attached hydrogens (primary N) is 1. The van der Waals surface area contributed by atoms with Crippen molar-refractivity contribution in [3.63, 3.8) is 0 Å². The van der Waals surface area contributed by atoms with Crippen LogP contribution in [-0.2, 0) is 11.3 Å². The van der Waals surface area contributed by atoms with Crippen molar-refractivity contribution < 1.29 is 4.74 Å². The summed E-state index contributed by atoms with van der Waals surface area (Å²) in [6.07, 6.45) is 0. The molecule has 5 heteroatoms. The van der Waals surface area contributed by atoms with Crippen molar-refractivity contribution in [1.82, 2.24) is 4.98 Å². The topological polar surface area (TPSA) is 48.1 Å². The molecule has 11 heavy (non-hydrogen) atoms. The van der Waals surface area contributed by atoms with Crippen molar-refractivity contribution in [2.75, 3.05) is 7.11 Å². The second kappa shape index (κ2) is 3.75. The van der Waals surface area contributed by atoms with Gasteiger partial charge in [0, 0.05) is 12.5 Å². The number of hydrogen-bond acceptors (Lipinski definition) is 4. The van der Waals surface area contributed by atoms with Crippen molar-refractivity contribution in [3.05, 3.63) is 16.1 Å². The summed E-state index contributed by atoms with van der Waals surface area (Å²) in [6.45, 7) is 0.521. The van der Waals surface area contributed by atoms with E-state index in [-0.39, 0.29) is 0 Å². The molecule has 0 amide bonds. The molecule has 0 unspecified atom stereocenters. The minimum absolute atomic E-state index is 0.337. The third kappa shape index (κ3) is 2.21. The average molecular weight is 188 g/mol. The average Bonchev–Trinajstić information content (AvgIpc) is 2.37. The predicted molar refractivity (Wildman–Crippen MR) is 48.7 cm³/mol. The standard InChI is InChI=1S/C6H8N2OS2/c1-9-2-5-8-4(3-11-5)6(7)10/h3H,2H2,1H3,(H2,7,10). The SMILES string of the molecule is COCc1nc(C(N)=S)cs1. The molecule has 0 radical (unpaired) electrons. The molecule has 0 saturated heterocycles. The van der Waals surface area contributed by atoms with Crippen LogP contribution >= 0.6 is 23.6 Å². The van der Waals surface area contributed by atoms with Crippen LogP contribution in [0.3, 0.4) is 0 Å². The molecule has 0 aromatic carbocycles. The maximum Gasteiger partial charge on any atom is 0.123 e. The summed E-state index contributed by atoms with van der Waals surface area (Å²) in [5.41, 5.74) is 6.04. The lowest BCUT2D eigenvalue weighted by atomic mass is 10.5. The van der Waals surface area contributed by atoms with Crippen molar-refractivity contribution >= 4 is 28.5 Å². The quantitative estimate of drug-likeness (QED) is 0.717. The Bertz CT molecular complexity index is 259. The molecule has 0 aliphatic heterocycles. The zero-order valence-corrected chi connectivity index (χ0v) is 7.67. The highest BCUT2D eigenvalue weighted by Gasteiger charge is 2.02. The van der Waals surface area contributed by atoms with Crippen LogP contribution in [0.25, 0.3) is 0 Å².